The summed E-state index contributed by atoms with van der Waals surface area (Å²) in [5.74, 6) is 0. The van der Waals surface area contributed by atoms with E-state index in [2.05, 4.69) is 0 Å². The molecule has 22 heavy (non-hydrogen) atoms. The molecule has 0 bridgehead atoms. The lowest BCUT2D eigenvalue weighted by Crippen LogP contribution is -2.71. The predicted octanol–water partition coefficient (Wildman–Crippen LogP) is -5.47. The van der Waals surface area contributed by atoms with Crippen LogP contribution in [0, 0.1) is 10.8 Å². The van der Waals surface area contributed by atoms with E-state index >= 15 is 0 Å². The summed E-state index contributed by atoms with van der Waals surface area (Å²) in [4.78, 5) is 11.7. The molecule has 0 radical (unpaired) electrons. The second-order valence-electron chi connectivity index (χ2n) is 5.09. The molecule has 0 saturated heterocycles. The Morgan fingerprint density at radius 3 is 1.27 bits per heavy atom. The third-order valence-electron chi connectivity index (χ3n) is 4.32. The van der Waals surface area contributed by atoms with Gasteiger partial charge in [0.1, 0.15) is 6.29 Å². The van der Waals surface area contributed by atoms with Crippen molar-refractivity contribution in [1.82, 2.24) is 0 Å². The molecular formula is C12H25NO9. The van der Waals surface area contributed by atoms with Crippen LogP contribution in [-0.4, -0.2) is 105 Å². The van der Waals surface area contributed by atoms with E-state index in [0.29, 0.717) is 0 Å². The standard InChI is InChI=1S/C12H25NO9/c13-5-11(7(19)1-14,8(20)2-15)12(6-18,9(21)3-16)10(22)4-17/h6-10,14-17,19-22H,1-5,13H2. The Balaban J connectivity index is 6.56. The van der Waals surface area contributed by atoms with E-state index < -0.39 is 68.2 Å². The van der Waals surface area contributed by atoms with Crippen LogP contribution in [0.25, 0.3) is 0 Å². The maximum atomic E-state index is 11.7. The summed E-state index contributed by atoms with van der Waals surface area (Å²) in [6, 6.07) is 0. The fourth-order valence-electron chi connectivity index (χ4n) is 2.99. The first-order chi connectivity index (χ1) is 10.3. The van der Waals surface area contributed by atoms with Crippen LogP contribution in [0.3, 0.4) is 0 Å². The second kappa shape index (κ2) is 8.82. The summed E-state index contributed by atoms with van der Waals surface area (Å²) in [6.07, 6.45) is -8.05. The van der Waals surface area contributed by atoms with E-state index in [4.69, 9.17) is 5.73 Å². The predicted molar refractivity (Wildman–Crippen MR) is 72.4 cm³/mol. The van der Waals surface area contributed by atoms with Crippen molar-refractivity contribution in [2.24, 2.45) is 16.6 Å². The van der Waals surface area contributed by atoms with Crippen molar-refractivity contribution in [2.45, 2.75) is 24.4 Å². The minimum Gasteiger partial charge on any atom is -0.394 e. The number of nitrogens with two attached hydrogens (primary N) is 1. The fourth-order valence-corrected chi connectivity index (χ4v) is 2.99. The zero-order chi connectivity index (χ0) is 17.6. The van der Waals surface area contributed by atoms with Crippen molar-refractivity contribution in [3.05, 3.63) is 0 Å². The molecule has 0 amide bonds. The van der Waals surface area contributed by atoms with E-state index in [1.54, 1.807) is 0 Å². The van der Waals surface area contributed by atoms with Gasteiger partial charge < -0.3 is 51.4 Å². The van der Waals surface area contributed by atoms with Gasteiger partial charge in [-0.15, -0.1) is 0 Å². The molecule has 0 fully saturated rings. The van der Waals surface area contributed by atoms with Crippen molar-refractivity contribution >= 4 is 6.29 Å². The Hall–Kier alpha value is -0.690. The molecule has 0 rings (SSSR count). The lowest BCUT2D eigenvalue weighted by Gasteiger charge is -2.54. The smallest absolute Gasteiger partial charge is 0.132 e. The van der Waals surface area contributed by atoms with E-state index in [-0.39, 0.29) is 6.29 Å². The average molecular weight is 327 g/mol. The topological polar surface area (TPSA) is 205 Å². The molecule has 4 unspecified atom stereocenters. The van der Waals surface area contributed by atoms with Crippen molar-refractivity contribution in [1.29, 1.82) is 0 Å². The van der Waals surface area contributed by atoms with Crippen LogP contribution in [-0.2, 0) is 4.79 Å². The SMILES string of the molecule is NCC(C(O)CO)(C(O)CO)C(C=O)(C(O)CO)C(O)CO. The largest absolute Gasteiger partial charge is 0.394 e. The molecule has 0 spiro atoms. The summed E-state index contributed by atoms with van der Waals surface area (Å²) in [7, 11) is 0. The highest BCUT2D eigenvalue weighted by Crippen LogP contribution is 2.48. The van der Waals surface area contributed by atoms with Crippen LogP contribution in [0.2, 0.25) is 0 Å². The van der Waals surface area contributed by atoms with Gasteiger partial charge in [0.2, 0.25) is 0 Å². The van der Waals surface area contributed by atoms with Gasteiger partial charge in [0.25, 0.3) is 0 Å². The maximum Gasteiger partial charge on any atom is 0.132 e. The number of rotatable bonds is 11. The van der Waals surface area contributed by atoms with Gasteiger partial charge in [-0.05, 0) is 0 Å². The van der Waals surface area contributed by atoms with Crippen LogP contribution in [0.4, 0.5) is 0 Å². The first-order valence-electron chi connectivity index (χ1n) is 6.62. The Kier molecular flexibility index (Phi) is 8.54. The summed E-state index contributed by atoms with van der Waals surface area (Å²) in [6.45, 7) is -4.97. The van der Waals surface area contributed by atoms with Gasteiger partial charge in [0, 0.05) is 6.54 Å². The molecule has 10 N–H and O–H groups in total. The van der Waals surface area contributed by atoms with Crippen LogP contribution in [0.5, 0.6) is 0 Å². The van der Waals surface area contributed by atoms with Crippen molar-refractivity contribution in [3.8, 4) is 0 Å². The third kappa shape index (κ3) is 3.02. The van der Waals surface area contributed by atoms with Gasteiger partial charge >= 0.3 is 0 Å². The van der Waals surface area contributed by atoms with Gasteiger partial charge in [0.15, 0.2) is 0 Å². The molecule has 0 aliphatic heterocycles. The summed E-state index contributed by atoms with van der Waals surface area (Å²) in [5, 5.41) is 77.0. The van der Waals surface area contributed by atoms with E-state index in [1.807, 2.05) is 0 Å². The number of carbonyl (C=O) groups is 1. The highest BCUT2D eigenvalue weighted by atomic mass is 16.4. The van der Waals surface area contributed by atoms with Crippen LogP contribution in [0.15, 0.2) is 0 Å². The van der Waals surface area contributed by atoms with Crippen LogP contribution >= 0.6 is 0 Å². The maximum absolute atomic E-state index is 11.7. The minimum atomic E-state index is -2.55. The van der Waals surface area contributed by atoms with Crippen LogP contribution in [0.1, 0.15) is 0 Å². The first-order valence-corrected chi connectivity index (χ1v) is 6.62. The monoisotopic (exact) mass is 327 g/mol. The Bertz CT molecular complexity index is 321. The molecule has 0 aromatic carbocycles. The fraction of sp³-hybridized carbons (Fsp3) is 0.917. The molecule has 0 heterocycles. The Morgan fingerprint density at radius 1 is 0.773 bits per heavy atom. The summed E-state index contributed by atoms with van der Waals surface area (Å²) >= 11 is 0. The zero-order valence-corrected chi connectivity index (χ0v) is 12.0. The number of aldehydes is 1. The highest BCUT2D eigenvalue weighted by molar-refractivity contribution is 5.64. The number of hydrogen-bond acceptors (Lipinski definition) is 10. The molecule has 132 valence electrons. The molecule has 0 saturated carbocycles. The van der Waals surface area contributed by atoms with E-state index in [9.17, 15) is 45.6 Å². The van der Waals surface area contributed by atoms with Gasteiger partial charge in [-0.2, -0.15) is 0 Å². The molecule has 0 aromatic heterocycles. The number of carbonyl (C=O) groups excluding carboxylic acids is 1. The van der Waals surface area contributed by atoms with Gasteiger partial charge in [0.05, 0.1) is 61.7 Å². The van der Waals surface area contributed by atoms with Crippen LogP contribution < -0.4 is 5.73 Å². The second-order valence-corrected chi connectivity index (χ2v) is 5.09. The Labute approximate surface area is 127 Å². The van der Waals surface area contributed by atoms with Gasteiger partial charge in [-0.1, -0.05) is 0 Å². The van der Waals surface area contributed by atoms with Gasteiger partial charge in [-0.25, -0.2) is 0 Å². The normalized spacial score (nSPS) is 23.0. The molecule has 0 aromatic rings. The highest BCUT2D eigenvalue weighted by Gasteiger charge is 2.65. The molecule has 4 atom stereocenters. The van der Waals surface area contributed by atoms with E-state index in [1.165, 1.54) is 0 Å². The zero-order valence-electron chi connectivity index (χ0n) is 12.0. The quantitative estimate of drug-likeness (QED) is 0.165. The summed E-state index contributed by atoms with van der Waals surface area (Å²) in [5.41, 5.74) is 0.644. The number of hydrogen-bond donors (Lipinski definition) is 9. The number of aliphatic hydroxyl groups excluding tert-OH is 8. The summed E-state index contributed by atoms with van der Waals surface area (Å²) < 4.78 is 0. The average Bonchev–Trinajstić information content (AvgIpc) is 2.56. The molecule has 10 nitrogen and oxygen atoms in total. The minimum absolute atomic E-state index is 0.0562. The first kappa shape index (κ1) is 21.3. The molecule has 0 aliphatic carbocycles. The molecule has 0 aliphatic rings. The lowest BCUT2D eigenvalue weighted by molar-refractivity contribution is -0.232. The van der Waals surface area contributed by atoms with E-state index in [0.717, 1.165) is 0 Å². The Morgan fingerprint density at radius 2 is 1.09 bits per heavy atom. The van der Waals surface area contributed by atoms with Crippen molar-refractivity contribution in [2.75, 3.05) is 33.0 Å². The molecular weight excluding hydrogens is 302 g/mol. The van der Waals surface area contributed by atoms with Gasteiger partial charge in [-0.3, -0.25) is 0 Å². The third-order valence-corrected chi connectivity index (χ3v) is 4.32. The number of aliphatic hydroxyl groups is 8. The van der Waals surface area contributed by atoms with Crippen molar-refractivity contribution < 1.29 is 45.6 Å². The molecule has 10 heteroatoms. The lowest BCUT2D eigenvalue weighted by atomic mass is 9.53. The van der Waals surface area contributed by atoms with Crippen molar-refractivity contribution in [3.63, 3.8) is 0 Å².